The lowest BCUT2D eigenvalue weighted by Crippen LogP contribution is -2.36. The Labute approximate surface area is 199 Å². The predicted octanol–water partition coefficient (Wildman–Crippen LogP) is 5.16. The van der Waals surface area contributed by atoms with E-state index in [1.54, 1.807) is 0 Å². The number of anilines is 1. The highest BCUT2D eigenvalue weighted by Gasteiger charge is 2.38. The summed E-state index contributed by atoms with van der Waals surface area (Å²) in [6, 6.07) is 9.23. The molecule has 2 aromatic heterocycles. The van der Waals surface area contributed by atoms with Crippen molar-refractivity contribution in [3.8, 4) is 11.4 Å². The van der Waals surface area contributed by atoms with Crippen molar-refractivity contribution < 1.29 is 35.7 Å². The molecule has 36 heavy (non-hydrogen) atoms. The molecule has 8 nitrogen and oxygen atoms in total. The average Bonchev–Trinajstić information content (AvgIpc) is 3.54. The standard InChI is InChI=1S/C22H16F6N6O2/c1-13(34-12-29-11-30-34)19(35)33(17-4-2-3-16(9-17)21(23,24)25)10-14-5-7-15(8-6-14)18-31-20(36-32-18)22(26,27)28/h2-9,11-13H,10H2,1H3. The van der Waals surface area contributed by atoms with Crippen LogP contribution in [0, 0.1) is 0 Å². The Hall–Kier alpha value is -4.23. The first kappa shape index (κ1) is 24.9. The molecule has 1 atom stereocenters. The SMILES string of the molecule is CC(C(=O)N(Cc1ccc(-c2noc(C(F)(F)F)n2)cc1)c1cccc(C(F)(F)F)c1)n1cncn1. The lowest BCUT2D eigenvalue weighted by molar-refractivity contribution is -0.159. The molecule has 0 aliphatic carbocycles. The third kappa shape index (κ3) is 5.37. The van der Waals surface area contributed by atoms with Gasteiger partial charge in [0.2, 0.25) is 5.82 Å². The second-order valence-corrected chi connectivity index (χ2v) is 7.64. The molecule has 0 N–H and O–H groups in total. The highest BCUT2D eigenvalue weighted by molar-refractivity contribution is 5.95. The largest absolute Gasteiger partial charge is 0.471 e. The highest BCUT2D eigenvalue weighted by Crippen LogP contribution is 2.33. The van der Waals surface area contributed by atoms with Gasteiger partial charge in [-0.05, 0) is 30.7 Å². The summed E-state index contributed by atoms with van der Waals surface area (Å²) in [7, 11) is 0. The molecule has 0 aliphatic heterocycles. The second-order valence-electron chi connectivity index (χ2n) is 7.64. The van der Waals surface area contributed by atoms with Crippen LogP contribution in [0.3, 0.4) is 0 Å². The van der Waals surface area contributed by atoms with E-state index in [9.17, 15) is 31.1 Å². The van der Waals surface area contributed by atoms with Gasteiger partial charge in [-0.2, -0.15) is 36.4 Å². The third-order valence-corrected chi connectivity index (χ3v) is 5.16. The van der Waals surface area contributed by atoms with Gasteiger partial charge in [0.25, 0.3) is 5.91 Å². The molecular formula is C22H16F6N6O2. The molecule has 2 heterocycles. The van der Waals surface area contributed by atoms with Crippen molar-refractivity contribution in [2.45, 2.75) is 31.9 Å². The first-order valence-electron chi connectivity index (χ1n) is 10.3. The summed E-state index contributed by atoms with van der Waals surface area (Å²) >= 11 is 0. The molecule has 4 aromatic rings. The lowest BCUT2D eigenvalue weighted by atomic mass is 10.1. The van der Waals surface area contributed by atoms with E-state index in [1.807, 2.05) is 0 Å². The summed E-state index contributed by atoms with van der Waals surface area (Å²) in [5.74, 6) is -2.35. The first-order chi connectivity index (χ1) is 16.9. The van der Waals surface area contributed by atoms with Gasteiger partial charge in [0.15, 0.2) is 0 Å². The van der Waals surface area contributed by atoms with Crippen LogP contribution in [0.4, 0.5) is 32.0 Å². The zero-order chi connectivity index (χ0) is 26.1. The van der Waals surface area contributed by atoms with Crippen LogP contribution < -0.4 is 4.90 Å². The van der Waals surface area contributed by atoms with E-state index in [0.29, 0.717) is 5.56 Å². The van der Waals surface area contributed by atoms with E-state index in [2.05, 4.69) is 24.7 Å². The highest BCUT2D eigenvalue weighted by atomic mass is 19.4. The average molecular weight is 510 g/mol. The Balaban J connectivity index is 1.64. The van der Waals surface area contributed by atoms with Crippen molar-refractivity contribution in [1.82, 2.24) is 24.9 Å². The van der Waals surface area contributed by atoms with Gasteiger partial charge < -0.3 is 9.42 Å². The normalized spacial score (nSPS) is 13.0. The summed E-state index contributed by atoms with van der Waals surface area (Å²) in [6.45, 7) is 1.38. The van der Waals surface area contributed by atoms with E-state index < -0.39 is 35.8 Å². The molecule has 14 heteroatoms. The summed E-state index contributed by atoms with van der Waals surface area (Å²) in [5, 5.41) is 7.23. The molecule has 0 radical (unpaired) electrons. The van der Waals surface area contributed by atoms with Crippen LogP contribution in [0.25, 0.3) is 11.4 Å². The number of hydrogen-bond acceptors (Lipinski definition) is 6. The minimum absolute atomic E-state index is 0.00106. The van der Waals surface area contributed by atoms with Gasteiger partial charge in [0, 0.05) is 11.3 Å². The minimum atomic E-state index is -4.79. The molecule has 0 bridgehead atoms. The van der Waals surface area contributed by atoms with Crippen LogP contribution in [0.5, 0.6) is 0 Å². The predicted molar refractivity (Wildman–Crippen MR) is 112 cm³/mol. The van der Waals surface area contributed by atoms with Gasteiger partial charge in [-0.3, -0.25) is 4.79 Å². The molecule has 1 unspecified atom stereocenters. The number of hydrogen-bond donors (Lipinski definition) is 0. The fraction of sp³-hybridized carbons (Fsp3) is 0.227. The molecule has 188 valence electrons. The summed E-state index contributed by atoms with van der Waals surface area (Å²) in [6.07, 6.45) is -6.89. The van der Waals surface area contributed by atoms with Gasteiger partial charge in [0.05, 0.1) is 12.1 Å². The van der Waals surface area contributed by atoms with Gasteiger partial charge in [-0.25, -0.2) is 9.67 Å². The van der Waals surface area contributed by atoms with Crippen LogP contribution in [0.15, 0.2) is 65.7 Å². The van der Waals surface area contributed by atoms with Crippen molar-refractivity contribution >= 4 is 11.6 Å². The number of carbonyl (C=O) groups is 1. The van der Waals surface area contributed by atoms with Crippen molar-refractivity contribution in [2.24, 2.45) is 0 Å². The zero-order valence-corrected chi connectivity index (χ0v) is 18.3. The first-order valence-corrected chi connectivity index (χ1v) is 10.3. The number of carbonyl (C=O) groups excluding carboxylic acids is 1. The molecular weight excluding hydrogens is 494 g/mol. The quantitative estimate of drug-likeness (QED) is 0.333. The van der Waals surface area contributed by atoms with E-state index in [1.165, 1.54) is 60.7 Å². The Morgan fingerprint density at radius 1 is 1.06 bits per heavy atom. The van der Waals surface area contributed by atoms with Crippen molar-refractivity contribution in [3.63, 3.8) is 0 Å². The number of alkyl halides is 6. The molecule has 0 spiro atoms. The summed E-state index contributed by atoms with van der Waals surface area (Å²) in [4.78, 5) is 21.6. The monoisotopic (exact) mass is 510 g/mol. The van der Waals surface area contributed by atoms with E-state index in [-0.39, 0.29) is 23.6 Å². The smallest absolute Gasteiger partial charge is 0.329 e. The third-order valence-electron chi connectivity index (χ3n) is 5.16. The number of amides is 1. The molecule has 0 saturated carbocycles. The number of benzene rings is 2. The van der Waals surface area contributed by atoms with Crippen LogP contribution in [0.1, 0.15) is 30.0 Å². The zero-order valence-electron chi connectivity index (χ0n) is 18.3. The van der Waals surface area contributed by atoms with Gasteiger partial charge in [-0.1, -0.05) is 35.5 Å². The van der Waals surface area contributed by atoms with E-state index >= 15 is 0 Å². The maximum atomic E-state index is 13.3. The Bertz CT molecular complexity index is 1330. The van der Waals surface area contributed by atoms with Gasteiger partial charge in [-0.15, -0.1) is 0 Å². The fourth-order valence-corrected chi connectivity index (χ4v) is 3.30. The van der Waals surface area contributed by atoms with Crippen LogP contribution in [-0.2, 0) is 23.7 Å². The fourth-order valence-electron chi connectivity index (χ4n) is 3.30. The van der Waals surface area contributed by atoms with Crippen LogP contribution in [0.2, 0.25) is 0 Å². The molecule has 4 rings (SSSR count). The van der Waals surface area contributed by atoms with E-state index in [0.717, 1.165) is 17.0 Å². The minimum Gasteiger partial charge on any atom is -0.329 e. The summed E-state index contributed by atoms with van der Waals surface area (Å²) in [5.41, 5.74) is -0.237. The maximum Gasteiger partial charge on any atom is 0.471 e. The maximum absolute atomic E-state index is 13.3. The second kappa shape index (κ2) is 9.43. The Kier molecular flexibility index (Phi) is 6.52. The molecule has 0 fully saturated rings. The van der Waals surface area contributed by atoms with Crippen molar-refractivity contribution in [2.75, 3.05) is 4.90 Å². The molecule has 2 aromatic carbocycles. The van der Waals surface area contributed by atoms with Crippen molar-refractivity contribution in [1.29, 1.82) is 0 Å². The van der Waals surface area contributed by atoms with Crippen LogP contribution in [-0.4, -0.2) is 30.8 Å². The number of halogens is 6. The van der Waals surface area contributed by atoms with Gasteiger partial charge >= 0.3 is 18.2 Å². The Morgan fingerprint density at radius 2 is 1.78 bits per heavy atom. The Morgan fingerprint density at radius 3 is 2.36 bits per heavy atom. The number of aromatic nitrogens is 5. The molecule has 1 amide bonds. The van der Waals surface area contributed by atoms with Gasteiger partial charge in [0.1, 0.15) is 18.7 Å². The molecule has 0 saturated heterocycles. The lowest BCUT2D eigenvalue weighted by Gasteiger charge is -2.27. The molecule has 0 aliphatic rings. The van der Waals surface area contributed by atoms with Crippen molar-refractivity contribution in [3.05, 3.63) is 78.2 Å². The summed E-state index contributed by atoms with van der Waals surface area (Å²) < 4.78 is 83.6. The number of rotatable bonds is 6. The number of nitrogens with zero attached hydrogens (tertiary/aromatic N) is 6. The topological polar surface area (TPSA) is 89.9 Å². The van der Waals surface area contributed by atoms with E-state index in [4.69, 9.17) is 0 Å². The van der Waals surface area contributed by atoms with Crippen LogP contribution >= 0.6 is 0 Å².